The van der Waals surface area contributed by atoms with E-state index in [0.717, 1.165) is 24.8 Å². The molecule has 0 aromatic carbocycles. The number of hydrogen-bond donors (Lipinski definition) is 5. The largest absolute Gasteiger partial charge is 0.480 e. The van der Waals surface area contributed by atoms with Crippen LogP contribution in [0.3, 0.4) is 0 Å². The first-order valence-corrected chi connectivity index (χ1v) is 16.7. The summed E-state index contributed by atoms with van der Waals surface area (Å²) in [5.74, 6) is -3.75. The Kier molecular flexibility index (Phi) is 10.8. The number of allylic oxidation sites excluding steroid dienone is 1. The van der Waals surface area contributed by atoms with Crippen molar-refractivity contribution in [3.05, 3.63) is 11.6 Å². The first kappa shape index (κ1) is 35.7. The molecule has 0 heterocycles. The third-order valence-electron chi connectivity index (χ3n) is 11.7. The van der Waals surface area contributed by atoms with Crippen molar-refractivity contribution in [2.45, 2.75) is 129 Å². The summed E-state index contributed by atoms with van der Waals surface area (Å²) < 4.78 is 5.18. The van der Waals surface area contributed by atoms with Crippen LogP contribution in [0.4, 0.5) is 0 Å². The summed E-state index contributed by atoms with van der Waals surface area (Å²) in [6.07, 6.45) is 5.66. The summed E-state index contributed by atoms with van der Waals surface area (Å²) >= 11 is 0. The number of carbonyl (C=O) groups excluding carboxylic acids is 5. The Bertz CT molecular complexity index is 1280. The average Bonchev–Trinajstić information content (AvgIpc) is 3.27. The highest BCUT2D eigenvalue weighted by molar-refractivity contribution is 5.93. The maximum Gasteiger partial charge on any atom is 0.326 e. The van der Waals surface area contributed by atoms with Gasteiger partial charge in [0.1, 0.15) is 17.7 Å². The number of carboxylic acids is 1. The van der Waals surface area contributed by atoms with Gasteiger partial charge in [0, 0.05) is 18.3 Å². The molecular weight excluding hydrogens is 596 g/mol. The van der Waals surface area contributed by atoms with Crippen molar-refractivity contribution < 1.29 is 48.8 Å². The van der Waals surface area contributed by atoms with E-state index < -0.39 is 65.3 Å². The lowest BCUT2D eigenvalue weighted by Gasteiger charge is -2.60. The molecule has 0 unspecified atom stereocenters. The van der Waals surface area contributed by atoms with Crippen LogP contribution in [0.2, 0.25) is 0 Å². The van der Waals surface area contributed by atoms with Crippen LogP contribution in [0, 0.1) is 28.6 Å². The predicted molar refractivity (Wildman–Crippen MR) is 165 cm³/mol. The second-order valence-electron chi connectivity index (χ2n) is 14.4. The van der Waals surface area contributed by atoms with E-state index in [1.807, 2.05) is 13.8 Å². The van der Waals surface area contributed by atoms with Crippen molar-refractivity contribution in [2.75, 3.05) is 6.61 Å². The third-order valence-corrected chi connectivity index (χ3v) is 11.7. The molecule has 0 radical (unpaired) electrons. The number of esters is 1. The van der Waals surface area contributed by atoms with Gasteiger partial charge >= 0.3 is 11.9 Å². The van der Waals surface area contributed by atoms with E-state index in [2.05, 4.69) is 17.6 Å². The number of nitrogens with one attached hydrogen (secondary N) is 2. The number of Topliss-reactive ketones (excluding diaryl/α,β-unsaturated/α-hetero) is 1. The van der Waals surface area contributed by atoms with Gasteiger partial charge in [0.05, 0.1) is 12.5 Å². The normalized spacial score (nSPS) is 34.6. The molecule has 9 atom stereocenters. The summed E-state index contributed by atoms with van der Waals surface area (Å²) in [7, 11) is 0. The molecule has 4 rings (SSSR count). The molecule has 46 heavy (non-hydrogen) atoms. The van der Waals surface area contributed by atoms with Crippen LogP contribution >= 0.6 is 0 Å². The van der Waals surface area contributed by atoms with Gasteiger partial charge in [-0.25, -0.2) is 4.79 Å². The number of ketones is 2. The summed E-state index contributed by atoms with van der Waals surface area (Å²) in [6.45, 7) is 6.63. The van der Waals surface area contributed by atoms with Crippen LogP contribution in [-0.4, -0.2) is 81.0 Å². The van der Waals surface area contributed by atoms with E-state index >= 15 is 0 Å². The SMILES string of the molecule is CCCC[C@H](NC(=O)[C@@H](C)NC(=O)CCC(=O)OCC(=O)[C@@]1(O)CC[C@H]2[C@@H]3CCC4=CC(=O)CC[C@]4(C)[C@H]3[C@@H](O)C[C@@]21C)C(=O)O. The lowest BCUT2D eigenvalue weighted by Crippen LogP contribution is -2.62. The standard InChI is InChI=1S/C34H50N2O10/c1-5-6-7-24(31(43)44)36-30(42)19(2)35-27(40)10-11-28(41)46-18-26(39)34(45)15-13-23-22-9-8-20-16-21(37)12-14-32(20,3)29(22)25(38)17-33(23,34)4/h16,19,22-25,29,38,45H,5-15,17-18H2,1-4H3,(H,35,40)(H,36,42)(H,43,44)/t19-,22+,23+,24+,25+,29-,32+,33+,34+/m1/s1. The molecule has 0 spiro atoms. The van der Waals surface area contributed by atoms with Gasteiger partial charge in [-0.15, -0.1) is 0 Å². The average molecular weight is 647 g/mol. The minimum absolute atomic E-state index is 0.0122. The van der Waals surface area contributed by atoms with Crippen molar-refractivity contribution in [3.63, 3.8) is 0 Å². The van der Waals surface area contributed by atoms with Crippen molar-refractivity contribution in [3.8, 4) is 0 Å². The van der Waals surface area contributed by atoms with Crippen molar-refractivity contribution in [1.29, 1.82) is 0 Å². The van der Waals surface area contributed by atoms with Gasteiger partial charge in [-0.2, -0.15) is 0 Å². The molecule has 3 saturated carbocycles. The zero-order chi connectivity index (χ0) is 34.0. The summed E-state index contributed by atoms with van der Waals surface area (Å²) in [4.78, 5) is 74.2. The number of carbonyl (C=O) groups is 6. The van der Waals surface area contributed by atoms with Crippen LogP contribution in [-0.2, 0) is 33.5 Å². The summed E-state index contributed by atoms with van der Waals surface area (Å²) in [5.41, 5.74) is -1.88. The Balaban J connectivity index is 1.28. The number of ether oxygens (including phenoxy) is 1. The zero-order valence-corrected chi connectivity index (χ0v) is 27.4. The number of carboxylic acid groups (broad SMARTS) is 1. The molecule has 12 nitrogen and oxygen atoms in total. The van der Waals surface area contributed by atoms with Crippen molar-refractivity contribution in [2.24, 2.45) is 28.6 Å². The minimum Gasteiger partial charge on any atom is -0.480 e. The van der Waals surface area contributed by atoms with Gasteiger partial charge in [0.2, 0.25) is 17.6 Å². The maximum atomic E-state index is 13.5. The van der Waals surface area contributed by atoms with E-state index in [4.69, 9.17) is 4.74 Å². The van der Waals surface area contributed by atoms with Gasteiger partial charge in [-0.3, -0.25) is 24.0 Å². The number of rotatable bonds is 13. The van der Waals surface area contributed by atoms with E-state index in [0.29, 0.717) is 25.7 Å². The number of aliphatic hydroxyl groups is 2. The summed E-state index contributed by atoms with van der Waals surface area (Å²) in [5, 5.41) is 37.5. The Morgan fingerprint density at radius 2 is 1.78 bits per heavy atom. The van der Waals surface area contributed by atoms with Gasteiger partial charge < -0.3 is 30.7 Å². The minimum atomic E-state index is -1.78. The third kappa shape index (κ3) is 6.79. The smallest absolute Gasteiger partial charge is 0.326 e. The van der Waals surface area contributed by atoms with Crippen molar-refractivity contribution >= 4 is 35.3 Å². The molecule has 4 aliphatic carbocycles. The lowest BCUT2D eigenvalue weighted by molar-refractivity contribution is -0.184. The topological polar surface area (TPSA) is 196 Å². The van der Waals surface area contributed by atoms with Gasteiger partial charge in [0.15, 0.2) is 12.4 Å². The van der Waals surface area contributed by atoms with Crippen LogP contribution < -0.4 is 10.6 Å². The number of fused-ring (bicyclic) bond motifs is 5. The van der Waals surface area contributed by atoms with Crippen LogP contribution in [0.25, 0.3) is 0 Å². The van der Waals surface area contributed by atoms with Crippen molar-refractivity contribution in [1.82, 2.24) is 10.6 Å². The van der Waals surface area contributed by atoms with E-state index in [1.165, 1.54) is 6.92 Å². The fourth-order valence-electron chi connectivity index (χ4n) is 9.04. The molecule has 0 aromatic heterocycles. The second-order valence-corrected chi connectivity index (χ2v) is 14.4. The number of unbranched alkanes of at least 4 members (excludes halogenated alkanes) is 1. The molecule has 2 amide bonds. The van der Waals surface area contributed by atoms with E-state index in [1.54, 1.807) is 6.08 Å². The molecule has 4 aliphatic rings. The monoisotopic (exact) mass is 646 g/mol. The second kappa shape index (κ2) is 13.9. The number of amides is 2. The lowest BCUT2D eigenvalue weighted by atomic mass is 9.45. The van der Waals surface area contributed by atoms with E-state index in [-0.39, 0.29) is 61.1 Å². The predicted octanol–water partition coefficient (Wildman–Crippen LogP) is 2.38. The summed E-state index contributed by atoms with van der Waals surface area (Å²) in [6, 6.07) is -2.09. The molecular formula is C34H50N2O10. The maximum absolute atomic E-state index is 13.5. The quantitative estimate of drug-likeness (QED) is 0.185. The Labute approximate surface area is 270 Å². The molecule has 0 bridgehead atoms. The highest BCUT2D eigenvalue weighted by atomic mass is 16.5. The molecule has 0 aliphatic heterocycles. The fraction of sp³-hybridized carbons (Fsp3) is 0.765. The van der Waals surface area contributed by atoms with E-state index in [9.17, 15) is 44.1 Å². The first-order chi connectivity index (χ1) is 21.6. The Morgan fingerprint density at radius 1 is 1.07 bits per heavy atom. The molecule has 3 fully saturated rings. The van der Waals surface area contributed by atoms with Crippen LogP contribution in [0.5, 0.6) is 0 Å². The molecule has 256 valence electrons. The highest BCUT2D eigenvalue weighted by Gasteiger charge is 2.68. The van der Waals surface area contributed by atoms with Crippen LogP contribution in [0.1, 0.15) is 105 Å². The van der Waals surface area contributed by atoms with Gasteiger partial charge in [0.25, 0.3) is 0 Å². The van der Waals surface area contributed by atoms with Crippen LogP contribution in [0.15, 0.2) is 11.6 Å². The molecule has 12 heteroatoms. The molecule has 0 saturated heterocycles. The first-order valence-electron chi connectivity index (χ1n) is 16.7. The molecule has 0 aromatic rings. The number of aliphatic carboxylic acids is 1. The Morgan fingerprint density at radius 3 is 2.46 bits per heavy atom. The number of aliphatic hydroxyl groups excluding tert-OH is 1. The number of hydrogen-bond acceptors (Lipinski definition) is 9. The highest BCUT2D eigenvalue weighted by Crippen LogP contribution is 2.67. The Hall–Kier alpha value is -3.12. The van der Waals surface area contributed by atoms with Gasteiger partial charge in [-0.05, 0) is 81.1 Å². The fourth-order valence-corrected chi connectivity index (χ4v) is 9.04. The van der Waals surface area contributed by atoms with Gasteiger partial charge in [-0.1, -0.05) is 39.2 Å². The zero-order valence-electron chi connectivity index (χ0n) is 27.4. The molecule has 5 N–H and O–H groups in total.